The summed E-state index contributed by atoms with van der Waals surface area (Å²) in [5, 5.41) is 0. The van der Waals surface area contributed by atoms with Gasteiger partial charge in [-0.3, -0.25) is 0 Å². The van der Waals surface area contributed by atoms with Gasteiger partial charge in [-0.05, 0) is 35.7 Å². The Morgan fingerprint density at radius 2 is 1.28 bits per heavy atom. The van der Waals surface area contributed by atoms with Gasteiger partial charge in [0.2, 0.25) is 0 Å². The van der Waals surface area contributed by atoms with Crippen molar-refractivity contribution in [1.29, 1.82) is 0 Å². The summed E-state index contributed by atoms with van der Waals surface area (Å²) in [6, 6.07) is 8.38. The predicted molar refractivity (Wildman–Crippen MR) is 140 cm³/mol. The van der Waals surface area contributed by atoms with Gasteiger partial charge in [0.1, 0.15) is 6.10 Å². The molecule has 0 amide bonds. The van der Waals surface area contributed by atoms with Gasteiger partial charge in [-0.2, -0.15) is 8.42 Å². The molecule has 0 bridgehead atoms. The van der Waals surface area contributed by atoms with Crippen molar-refractivity contribution in [2.24, 2.45) is 5.92 Å². The van der Waals surface area contributed by atoms with Crippen LogP contribution in [0.3, 0.4) is 0 Å². The van der Waals surface area contributed by atoms with Crippen LogP contribution in [-0.4, -0.2) is 14.5 Å². The maximum atomic E-state index is 12.8. The molecule has 1 aromatic rings. The van der Waals surface area contributed by atoms with Crippen molar-refractivity contribution in [2.45, 2.75) is 115 Å². The highest BCUT2D eigenvalue weighted by molar-refractivity contribution is 9.12. The van der Waals surface area contributed by atoms with Crippen molar-refractivity contribution in [2.75, 3.05) is 0 Å². The van der Waals surface area contributed by atoms with Gasteiger partial charge in [0, 0.05) is 15.9 Å². The number of benzene rings is 1. The molecule has 0 aliphatic carbocycles. The third-order valence-electron chi connectivity index (χ3n) is 5.74. The highest BCUT2D eigenvalue weighted by Gasteiger charge is 2.27. The first kappa shape index (κ1) is 31.1. The van der Waals surface area contributed by atoms with Crippen LogP contribution in [0.5, 0.6) is 0 Å². The molecule has 4 nitrogen and oxygen atoms in total. The Morgan fingerprint density at radius 1 is 0.812 bits per heavy atom. The zero-order valence-corrected chi connectivity index (χ0v) is 22.6. The Kier molecular flexibility index (Phi) is 19.1. The van der Waals surface area contributed by atoms with E-state index in [1.54, 1.807) is 30.3 Å². The maximum Gasteiger partial charge on any atom is 0.298 e. The standard InChI is InChI=1S/C26H41BrO3S.H3N/c1-3-5-7-9-11-14-18-24(19-15-12-10-8-6-4-2)26(22-23-27)30-31(28,29)25-20-16-13-17-21-25;/h13,16-17,20-21,24,26H,3-12,14-15,18-19H2,1-2H3;1H3. The van der Waals surface area contributed by atoms with Crippen LogP contribution in [0.25, 0.3) is 0 Å². The average Bonchev–Trinajstić information content (AvgIpc) is 2.77. The largest absolute Gasteiger partial charge is 0.344 e. The van der Waals surface area contributed by atoms with Crippen LogP contribution < -0.4 is 6.15 Å². The van der Waals surface area contributed by atoms with E-state index in [1.807, 2.05) is 0 Å². The first-order valence-corrected chi connectivity index (χ1v) is 14.3. The number of rotatable bonds is 18. The van der Waals surface area contributed by atoms with Gasteiger partial charge in [0.25, 0.3) is 10.1 Å². The SMILES string of the molecule is CCCCCCCCC(CCCCCCCC)C(C#CBr)OS(=O)(=O)c1ccccc1.N. The number of hydrogen-bond acceptors (Lipinski definition) is 4. The van der Waals surface area contributed by atoms with Crippen molar-refractivity contribution < 1.29 is 12.6 Å². The molecule has 3 N–H and O–H groups in total. The molecule has 0 aromatic heterocycles. The first-order valence-electron chi connectivity index (χ1n) is 12.1. The summed E-state index contributed by atoms with van der Waals surface area (Å²) in [5.74, 6) is 3.12. The normalized spacial score (nSPS) is 12.1. The zero-order valence-electron chi connectivity index (χ0n) is 20.2. The van der Waals surface area contributed by atoms with Gasteiger partial charge < -0.3 is 6.15 Å². The minimum absolute atomic E-state index is 0. The van der Waals surface area contributed by atoms with Gasteiger partial charge >= 0.3 is 0 Å². The van der Waals surface area contributed by atoms with E-state index in [2.05, 4.69) is 40.5 Å². The fourth-order valence-electron chi connectivity index (χ4n) is 3.87. The second-order valence-electron chi connectivity index (χ2n) is 8.40. The molecule has 0 saturated carbocycles. The summed E-state index contributed by atoms with van der Waals surface area (Å²) in [5.41, 5.74) is 0. The fraction of sp³-hybridized carbons (Fsp3) is 0.692. The van der Waals surface area contributed by atoms with Crippen molar-refractivity contribution in [3.8, 4) is 10.8 Å². The van der Waals surface area contributed by atoms with Crippen LogP contribution in [0.15, 0.2) is 35.2 Å². The second kappa shape index (κ2) is 19.6. The van der Waals surface area contributed by atoms with Gasteiger partial charge in [-0.1, -0.05) is 115 Å². The molecule has 0 aliphatic heterocycles. The van der Waals surface area contributed by atoms with E-state index in [4.69, 9.17) is 4.18 Å². The van der Waals surface area contributed by atoms with Crippen LogP contribution >= 0.6 is 15.9 Å². The fourth-order valence-corrected chi connectivity index (χ4v) is 5.18. The molecule has 1 rings (SSSR count). The smallest absolute Gasteiger partial charge is 0.298 e. The van der Waals surface area contributed by atoms with Crippen LogP contribution in [0.4, 0.5) is 0 Å². The van der Waals surface area contributed by atoms with Crippen LogP contribution in [0.1, 0.15) is 104 Å². The summed E-state index contributed by atoms with van der Waals surface area (Å²) < 4.78 is 31.3. The quantitative estimate of drug-likeness (QED) is 0.117. The van der Waals surface area contributed by atoms with Crippen molar-refractivity contribution in [1.82, 2.24) is 6.15 Å². The Bertz CT molecular complexity index is 712. The molecule has 0 fully saturated rings. The van der Waals surface area contributed by atoms with E-state index in [0.29, 0.717) is 0 Å². The maximum absolute atomic E-state index is 12.8. The molecule has 0 saturated heterocycles. The summed E-state index contributed by atoms with van der Waals surface area (Å²) in [6.45, 7) is 4.45. The average molecular weight is 531 g/mol. The molecule has 0 spiro atoms. The number of hydrogen-bond donors (Lipinski definition) is 1. The summed E-state index contributed by atoms with van der Waals surface area (Å²) in [4.78, 5) is 2.92. The van der Waals surface area contributed by atoms with E-state index in [9.17, 15) is 8.42 Å². The van der Waals surface area contributed by atoms with Gasteiger partial charge in [-0.25, -0.2) is 4.18 Å². The van der Waals surface area contributed by atoms with Gasteiger partial charge in [0.15, 0.2) is 0 Å². The minimum atomic E-state index is -3.84. The lowest BCUT2D eigenvalue weighted by Gasteiger charge is -2.23. The highest BCUT2D eigenvalue weighted by Crippen LogP contribution is 2.27. The van der Waals surface area contributed by atoms with E-state index < -0.39 is 16.2 Å². The molecule has 1 aromatic carbocycles. The molecule has 0 aliphatic rings. The van der Waals surface area contributed by atoms with E-state index in [0.717, 1.165) is 25.7 Å². The van der Waals surface area contributed by atoms with Crippen molar-refractivity contribution in [3.05, 3.63) is 30.3 Å². The second-order valence-corrected chi connectivity index (χ2v) is 10.4. The first-order chi connectivity index (χ1) is 15.0. The molecule has 0 heterocycles. The lowest BCUT2D eigenvalue weighted by Crippen LogP contribution is -2.26. The summed E-state index contributed by atoms with van der Waals surface area (Å²) >= 11 is 3.17. The lowest BCUT2D eigenvalue weighted by molar-refractivity contribution is 0.173. The monoisotopic (exact) mass is 529 g/mol. The van der Waals surface area contributed by atoms with E-state index >= 15 is 0 Å². The molecular formula is C26H44BrNO3S. The number of halogens is 1. The van der Waals surface area contributed by atoms with Crippen LogP contribution in [0, 0.1) is 16.7 Å². The van der Waals surface area contributed by atoms with Gasteiger partial charge in [0.05, 0.1) is 4.90 Å². The molecular weight excluding hydrogens is 486 g/mol. The number of unbranched alkanes of at least 4 members (excludes halogenated alkanes) is 10. The minimum Gasteiger partial charge on any atom is -0.344 e. The van der Waals surface area contributed by atoms with Crippen LogP contribution in [0.2, 0.25) is 0 Å². The molecule has 184 valence electrons. The Hall–Kier alpha value is -0.870. The Morgan fingerprint density at radius 3 is 1.75 bits per heavy atom. The Labute approximate surface area is 206 Å². The zero-order chi connectivity index (χ0) is 22.8. The van der Waals surface area contributed by atoms with E-state index in [1.165, 1.54) is 64.2 Å². The summed E-state index contributed by atoms with van der Waals surface area (Å²) in [7, 11) is -3.84. The predicted octanol–water partition coefficient (Wildman–Crippen LogP) is 8.40. The summed E-state index contributed by atoms with van der Waals surface area (Å²) in [6.07, 6.45) is 16.0. The molecule has 1 atom stereocenters. The molecule has 0 radical (unpaired) electrons. The highest BCUT2D eigenvalue weighted by atomic mass is 79.9. The van der Waals surface area contributed by atoms with E-state index in [-0.39, 0.29) is 17.0 Å². The molecule has 1 unspecified atom stereocenters. The topological polar surface area (TPSA) is 78.4 Å². The van der Waals surface area contributed by atoms with Crippen molar-refractivity contribution in [3.63, 3.8) is 0 Å². The molecule has 6 heteroatoms. The van der Waals surface area contributed by atoms with Crippen molar-refractivity contribution >= 4 is 26.0 Å². The lowest BCUT2D eigenvalue weighted by atomic mass is 9.90. The third kappa shape index (κ3) is 13.6. The molecule has 32 heavy (non-hydrogen) atoms. The van der Waals surface area contributed by atoms with Crippen LogP contribution in [-0.2, 0) is 14.3 Å². The van der Waals surface area contributed by atoms with Gasteiger partial charge in [-0.15, -0.1) is 0 Å². The third-order valence-corrected chi connectivity index (χ3v) is 7.28. The Balaban J connectivity index is 0.00000961.